The first-order valence-corrected chi connectivity index (χ1v) is 12.9. The van der Waals surface area contributed by atoms with Crippen LogP contribution in [0.25, 0.3) is 0 Å². The lowest BCUT2D eigenvalue weighted by Gasteiger charge is -2.46. The van der Waals surface area contributed by atoms with Gasteiger partial charge in [0.2, 0.25) is 11.8 Å². The fourth-order valence-electron chi connectivity index (χ4n) is 6.35. The zero-order valence-corrected chi connectivity index (χ0v) is 21.1. The number of ether oxygens (including phenoxy) is 2. The van der Waals surface area contributed by atoms with E-state index in [0.717, 1.165) is 24.3 Å². The maximum absolute atomic E-state index is 14.0. The van der Waals surface area contributed by atoms with E-state index in [0.29, 0.717) is 25.1 Å². The second kappa shape index (κ2) is 11.5. The standard InChI is InChI=1S/C27H41N3O4/c1-28-25(31)18-23(26(28)20-10-12-22(34-3)13-11-20)27(32)30(16-7-17-33-2)19-21-8-6-15-29-14-5-4-9-24(21)29/h10-13,21,23-24,26H,4-9,14-19H2,1-3H3/t21-,23+,24+,26+/m0/s1. The van der Waals surface area contributed by atoms with Gasteiger partial charge in [0.25, 0.3) is 0 Å². The summed E-state index contributed by atoms with van der Waals surface area (Å²) in [6.07, 6.45) is 7.29. The molecule has 188 valence electrons. The first-order chi connectivity index (χ1) is 16.5. The van der Waals surface area contributed by atoms with Crippen molar-refractivity contribution in [1.82, 2.24) is 14.7 Å². The molecule has 3 saturated heterocycles. The van der Waals surface area contributed by atoms with Crippen molar-refractivity contribution in [2.24, 2.45) is 11.8 Å². The minimum Gasteiger partial charge on any atom is -0.497 e. The first-order valence-electron chi connectivity index (χ1n) is 12.9. The minimum absolute atomic E-state index is 0.0344. The third-order valence-corrected chi connectivity index (χ3v) is 8.13. The molecule has 0 saturated carbocycles. The molecule has 0 spiro atoms. The average Bonchev–Trinajstić information content (AvgIpc) is 3.17. The molecule has 3 aliphatic heterocycles. The Labute approximate surface area is 204 Å². The number of nitrogens with zero attached hydrogens (tertiary/aromatic N) is 3. The molecule has 0 N–H and O–H groups in total. The van der Waals surface area contributed by atoms with Gasteiger partial charge in [0.05, 0.1) is 19.1 Å². The largest absolute Gasteiger partial charge is 0.497 e. The van der Waals surface area contributed by atoms with Gasteiger partial charge in [0.1, 0.15) is 5.75 Å². The Morgan fingerprint density at radius 3 is 2.59 bits per heavy atom. The molecule has 7 heteroatoms. The Morgan fingerprint density at radius 2 is 1.85 bits per heavy atom. The Bertz CT molecular complexity index is 828. The van der Waals surface area contributed by atoms with Gasteiger partial charge in [-0.2, -0.15) is 0 Å². The summed E-state index contributed by atoms with van der Waals surface area (Å²) in [4.78, 5) is 33.3. The van der Waals surface area contributed by atoms with Gasteiger partial charge < -0.3 is 24.2 Å². The van der Waals surface area contributed by atoms with E-state index in [1.807, 2.05) is 31.3 Å². The fourth-order valence-corrected chi connectivity index (χ4v) is 6.35. The summed E-state index contributed by atoms with van der Waals surface area (Å²) in [5.41, 5.74) is 0.987. The molecule has 3 heterocycles. The topological polar surface area (TPSA) is 62.3 Å². The first kappa shape index (κ1) is 25.0. The molecule has 1 aromatic rings. The molecule has 2 amide bonds. The summed E-state index contributed by atoms with van der Waals surface area (Å²) in [6.45, 7) is 4.49. The van der Waals surface area contributed by atoms with Crippen LogP contribution in [0.2, 0.25) is 0 Å². The highest BCUT2D eigenvalue weighted by atomic mass is 16.5. The number of methoxy groups -OCH3 is 2. The highest BCUT2D eigenvalue weighted by Crippen LogP contribution is 2.39. The number of carbonyl (C=O) groups is 2. The predicted octanol–water partition coefficient (Wildman–Crippen LogP) is 3.34. The molecule has 0 aromatic heterocycles. The number of hydrogen-bond donors (Lipinski definition) is 0. The van der Waals surface area contributed by atoms with Gasteiger partial charge >= 0.3 is 0 Å². The second-order valence-electron chi connectivity index (χ2n) is 10.2. The van der Waals surface area contributed by atoms with Crippen LogP contribution in [-0.4, -0.2) is 86.6 Å². The van der Waals surface area contributed by atoms with Gasteiger partial charge in [-0.25, -0.2) is 0 Å². The van der Waals surface area contributed by atoms with Crippen molar-refractivity contribution in [3.63, 3.8) is 0 Å². The van der Waals surface area contributed by atoms with Crippen LogP contribution in [0, 0.1) is 11.8 Å². The zero-order chi connectivity index (χ0) is 24.1. The van der Waals surface area contributed by atoms with Gasteiger partial charge in [-0.1, -0.05) is 18.6 Å². The molecule has 3 fully saturated rings. The van der Waals surface area contributed by atoms with Crippen LogP contribution < -0.4 is 4.74 Å². The quantitative estimate of drug-likeness (QED) is 0.517. The average molecular weight is 472 g/mol. The minimum atomic E-state index is -0.362. The molecule has 7 nitrogen and oxygen atoms in total. The summed E-state index contributed by atoms with van der Waals surface area (Å²) >= 11 is 0. The van der Waals surface area contributed by atoms with Gasteiger partial charge in [-0.05, 0) is 68.8 Å². The van der Waals surface area contributed by atoms with Crippen molar-refractivity contribution in [2.45, 2.75) is 57.0 Å². The highest BCUT2D eigenvalue weighted by molar-refractivity contribution is 5.90. The summed E-state index contributed by atoms with van der Waals surface area (Å²) in [7, 11) is 5.17. The van der Waals surface area contributed by atoms with Crippen molar-refractivity contribution in [3.05, 3.63) is 29.8 Å². The predicted molar refractivity (Wildman–Crippen MR) is 132 cm³/mol. The van der Waals surface area contributed by atoms with Crippen molar-refractivity contribution in [2.75, 3.05) is 54.1 Å². The SMILES string of the molecule is COCCCN(C[C@@H]1CCCN2CCCC[C@H]12)C(=O)[C@@H]1CC(=O)N(C)[C@@H]1c1ccc(OC)cc1. The van der Waals surface area contributed by atoms with E-state index in [2.05, 4.69) is 9.80 Å². The number of amides is 2. The van der Waals surface area contributed by atoms with Crippen molar-refractivity contribution in [1.29, 1.82) is 0 Å². The lowest BCUT2D eigenvalue weighted by Crippen LogP contribution is -2.52. The number of carbonyl (C=O) groups excluding carboxylic acids is 2. The molecule has 0 radical (unpaired) electrons. The molecule has 4 rings (SSSR count). The molecular formula is C27H41N3O4. The van der Waals surface area contributed by atoms with Crippen LogP contribution in [0.1, 0.15) is 56.6 Å². The zero-order valence-electron chi connectivity index (χ0n) is 21.1. The van der Waals surface area contributed by atoms with Crippen LogP contribution >= 0.6 is 0 Å². The lowest BCUT2D eigenvalue weighted by atomic mass is 9.83. The molecule has 0 aliphatic carbocycles. The highest BCUT2D eigenvalue weighted by Gasteiger charge is 2.45. The van der Waals surface area contributed by atoms with E-state index in [4.69, 9.17) is 9.47 Å². The Hall–Kier alpha value is -2.12. The summed E-state index contributed by atoms with van der Waals surface area (Å²) in [6, 6.07) is 8.12. The van der Waals surface area contributed by atoms with E-state index >= 15 is 0 Å². The molecule has 0 unspecified atom stereocenters. The number of benzene rings is 1. The molecule has 4 atom stereocenters. The van der Waals surface area contributed by atoms with Crippen LogP contribution in [0.3, 0.4) is 0 Å². The monoisotopic (exact) mass is 471 g/mol. The van der Waals surface area contributed by atoms with Crippen molar-refractivity contribution in [3.8, 4) is 5.75 Å². The number of piperidine rings is 2. The third kappa shape index (κ3) is 5.41. The number of fused-ring (bicyclic) bond motifs is 1. The maximum atomic E-state index is 14.0. The molecule has 3 aliphatic rings. The van der Waals surface area contributed by atoms with Crippen LogP contribution in [0.15, 0.2) is 24.3 Å². The van der Waals surface area contributed by atoms with Crippen LogP contribution in [-0.2, 0) is 14.3 Å². The number of rotatable bonds is 9. The van der Waals surface area contributed by atoms with E-state index < -0.39 is 0 Å². The van der Waals surface area contributed by atoms with Crippen molar-refractivity contribution >= 4 is 11.8 Å². The van der Waals surface area contributed by atoms with Crippen molar-refractivity contribution < 1.29 is 19.1 Å². The Morgan fingerprint density at radius 1 is 1.09 bits per heavy atom. The second-order valence-corrected chi connectivity index (χ2v) is 10.2. The summed E-state index contributed by atoms with van der Waals surface area (Å²) in [5, 5.41) is 0. The lowest BCUT2D eigenvalue weighted by molar-refractivity contribution is -0.138. The normalized spacial score (nSPS) is 27.5. The summed E-state index contributed by atoms with van der Waals surface area (Å²) in [5.74, 6) is 1.07. The number of likely N-dealkylation sites (tertiary alicyclic amines) is 1. The van der Waals surface area contributed by atoms with Crippen LogP contribution in [0.4, 0.5) is 0 Å². The smallest absolute Gasteiger partial charge is 0.228 e. The van der Waals surface area contributed by atoms with Gasteiger partial charge in [-0.15, -0.1) is 0 Å². The van der Waals surface area contributed by atoms with Gasteiger partial charge in [-0.3, -0.25) is 9.59 Å². The Kier molecular flexibility index (Phi) is 8.48. The molecule has 34 heavy (non-hydrogen) atoms. The van der Waals surface area contributed by atoms with E-state index in [9.17, 15) is 9.59 Å². The van der Waals surface area contributed by atoms with Gasteiger partial charge in [0, 0.05) is 46.3 Å². The maximum Gasteiger partial charge on any atom is 0.228 e. The van der Waals surface area contributed by atoms with Crippen LogP contribution in [0.5, 0.6) is 5.75 Å². The van der Waals surface area contributed by atoms with E-state index in [-0.39, 0.29) is 30.2 Å². The third-order valence-electron chi connectivity index (χ3n) is 8.13. The molecule has 0 bridgehead atoms. The van der Waals surface area contributed by atoms with E-state index in [1.54, 1.807) is 19.1 Å². The van der Waals surface area contributed by atoms with Gasteiger partial charge in [0.15, 0.2) is 0 Å². The summed E-state index contributed by atoms with van der Waals surface area (Å²) < 4.78 is 10.6. The Balaban J connectivity index is 1.54. The number of hydrogen-bond acceptors (Lipinski definition) is 5. The van der Waals surface area contributed by atoms with E-state index in [1.165, 1.54) is 45.2 Å². The fraction of sp³-hybridized carbons (Fsp3) is 0.704. The molecular weight excluding hydrogens is 430 g/mol. The molecule has 1 aromatic carbocycles.